The fourth-order valence-electron chi connectivity index (χ4n) is 7.72. The molecule has 7 atom stereocenters. The van der Waals surface area contributed by atoms with Gasteiger partial charge in [0, 0.05) is 19.0 Å². The zero-order valence-corrected chi connectivity index (χ0v) is 34.6. The molecule has 16 nitrogen and oxygen atoms in total. The Balaban J connectivity index is 1.02. The number of β-lactam (4-membered cyclic amide) rings is 2. The number of hydrogen-bond donors (Lipinski definition) is 3. The number of rotatable bonds is 15. The number of halogens is 3. The molecule has 7 rings (SSSR count). The number of alkyl halides is 2. The fraction of sp³-hybridized carbons (Fsp3) is 0.372. The number of pyridine rings is 2. The van der Waals surface area contributed by atoms with Gasteiger partial charge in [0.15, 0.2) is 23.8 Å². The molecule has 2 fully saturated rings. The van der Waals surface area contributed by atoms with E-state index in [-0.39, 0.29) is 42.5 Å². The van der Waals surface area contributed by atoms with Crippen molar-refractivity contribution in [3.05, 3.63) is 113 Å². The van der Waals surface area contributed by atoms with Crippen molar-refractivity contribution in [2.24, 2.45) is 11.8 Å². The number of fused-ring (bicyclic) bond motifs is 1. The van der Waals surface area contributed by atoms with Gasteiger partial charge in [0.1, 0.15) is 11.0 Å². The first-order chi connectivity index (χ1) is 29.6. The molecular formula is C43H44ClF2N7O9. The Labute approximate surface area is 360 Å². The largest absolute Gasteiger partial charge is 0.586 e. The summed E-state index contributed by atoms with van der Waals surface area (Å²) in [5.74, 6) is -3.59. The lowest BCUT2D eigenvalue weighted by Gasteiger charge is -2.45. The van der Waals surface area contributed by atoms with Crippen LogP contribution in [0.25, 0.3) is 0 Å². The van der Waals surface area contributed by atoms with Gasteiger partial charge in [0.2, 0.25) is 11.8 Å². The summed E-state index contributed by atoms with van der Waals surface area (Å²) >= 11 is 5.96. The first kappa shape index (κ1) is 43.7. The first-order valence-electron chi connectivity index (χ1n) is 20.0. The summed E-state index contributed by atoms with van der Waals surface area (Å²) in [6.07, 6.45) is -1.57. The highest BCUT2D eigenvalue weighted by Gasteiger charge is 2.56. The Kier molecular flexibility index (Phi) is 12.9. The van der Waals surface area contributed by atoms with Crippen molar-refractivity contribution >= 4 is 47.3 Å². The third-order valence-electron chi connectivity index (χ3n) is 10.9. The number of urea groups is 2. The van der Waals surface area contributed by atoms with E-state index in [0.29, 0.717) is 23.4 Å². The molecule has 0 spiro atoms. The van der Waals surface area contributed by atoms with Gasteiger partial charge in [-0.3, -0.25) is 9.59 Å². The van der Waals surface area contributed by atoms with Crippen LogP contribution in [0.3, 0.4) is 0 Å². The Morgan fingerprint density at radius 2 is 1.56 bits per heavy atom. The molecule has 5 heterocycles. The van der Waals surface area contributed by atoms with Crippen LogP contribution in [-0.4, -0.2) is 80.9 Å². The molecular weight excluding hydrogens is 832 g/mol. The molecule has 2 aromatic carbocycles. The molecule has 7 unspecified atom stereocenters. The van der Waals surface area contributed by atoms with Gasteiger partial charge in [-0.2, -0.15) is 0 Å². The lowest BCUT2D eigenvalue weighted by Crippen LogP contribution is -2.69. The van der Waals surface area contributed by atoms with E-state index in [0.717, 1.165) is 20.9 Å². The van der Waals surface area contributed by atoms with E-state index in [1.165, 1.54) is 30.5 Å². The molecule has 2 aromatic heterocycles. The maximum Gasteiger partial charge on any atom is 0.586 e. The number of imide groups is 2. The molecule has 2 saturated heterocycles. The van der Waals surface area contributed by atoms with E-state index >= 15 is 0 Å². The second-order valence-corrected chi connectivity index (χ2v) is 15.6. The highest BCUT2D eigenvalue weighted by molar-refractivity contribution is 6.29. The van der Waals surface area contributed by atoms with Gasteiger partial charge in [0.25, 0.3) is 0 Å². The van der Waals surface area contributed by atoms with E-state index < -0.39 is 78.4 Å². The number of carbonyl (C=O) groups excluding carboxylic acids is 5. The van der Waals surface area contributed by atoms with Crippen molar-refractivity contribution in [1.29, 1.82) is 0 Å². The molecule has 0 bridgehead atoms. The number of likely N-dealkylation sites (tertiary alicyclic amines) is 2. The lowest BCUT2D eigenvalue weighted by molar-refractivity contribution is -0.286. The second-order valence-electron chi connectivity index (χ2n) is 15.2. The molecule has 3 aliphatic heterocycles. The molecule has 6 amide bonds. The summed E-state index contributed by atoms with van der Waals surface area (Å²) in [5.41, 5.74) is 8.30. The second kappa shape index (κ2) is 18.3. The third kappa shape index (κ3) is 9.55. The number of aromatic nitrogens is 2. The van der Waals surface area contributed by atoms with Crippen LogP contribution in [-0.2, 0) is 36.7 Å². The van der Waals surface area contributed by atoms with Gasteiger partial charge in [-0.05, 0) is 99.0 Å². The number of anilines is 1. The van der Waals surface area contributed by atoms with Crippen molar-refractivity contribution in [1.82, 2.24) is 30.4 Å². The average Bonchev–Trinajstić information content (AvgIpc) is 3.56. The molecule has 0 saturated carbocycles. The van der Waals surface area contributed by atoms with Crippen LogP contribution in [0.5, 0.6) is 11.5 Å². The van der Waals surface area contributed by atoms with E-state index in [2.05, 4.69) is 30.1 Å². The number of hydrogen-bond acceptors (Lipinski definition) is 12. The molecule has 0 aliphatic carbocycles. The maximum absolute atomic E-state index is 14.0. The van der Waals surface area contributed by atoms with Crippen molar-refractivity contribution in [3.63, 3.8) is 0 Å². The van der Waals surface area contributed by atoms with Crippen LogP contribution in [0.2, 0.25) is 5.15 Å². The van der Waals surface area contributed by atoms with Crippen molar-refractivity contribution in [2.75, 3.05) is 12.3 Å². The van der Waals surface area contributed by atoms with Crippen LogP contribution in [0.4, 0.5) is 24.2 Å². The fourth-order valence-corrected chi connectivity index (χ4v) is 7.83. The van der Waals surface area contributed by atoms with Gasteiger partial charge in [0.05, 0.1) is 30.0 Å². The third-order valence-corrected chi connectivity index (χ3v) is 11.1. The molecule has 4 N–H and O–H groups in total. The van der Waals surface area contributed by atoms with E-state index in [9.17, 15) is 32.8 Å². The minimum atomic E-state index is -3.84. The Morgan fingerprint density at radius 1 is 0.855 bits per heavy atom. The quantitative estimate of drug-likeness (QED) is 0.0705. The normalized spacial score (nSPS) is 21.3. The summed E-state index contributed by atoms with van der Waals surface area (Å²) < 4.78 is 48.0. The minimum Gasteiger partial charge on any atom is -0.461 e. The van der Waals surface area contributed by atoms with Crippen molar-refractivity contribution in [3.8, 4) is 11.5 Å². The number of nitrogens with two attached hydrogens (primary N) is 1. The van der Waals surface area contributed by atoms with Crippen LogP contribution in [0, 0.1) is 11.8 Å². The molecule has 326 valence electrons. The van der Waals surface area contributed by atoms with Crippen LogP contribution < -0.4 is 25.8 Å². The number of nitrogen functional groups attached to an aromatic ring is 1. The lowest BCUT2D eigenvalue weighted by atomic mass is 9.82. The number of nitrogens with zero attached hydrogens (tertiary/aromatic N) is 4. The van der Waals surface area contributed by atoms with Crippen molar-refractivity contribution < 1.29 is 51.7 Å². The van der Waals surface area contributed by atoms with Crippen LogP contribution in [0.1, 0.15) is 68.0 Å². The van der Waals surface area contributed by atoms with E-state index in [4.69, 9.17) is 26.8 Å². The summed E-state index contributed by atoms with van der Waals surface area (Å²) in [5, 5.41) is 5.85. The average molecular weight is 876 g/mol. The number of benzene rings is 2. The van der Waals surface area contributed by atoms with E-state index in [1.807, 2.05) is 30.3 Å². The van der Waals surface area contributed by atoms with Crippen molar-refractivity contribution in [2.45, 2.75) is 83.2 Å². The molecule has 4 aromatic rings. The molecule has 0 radical (unpaired) electrons. The van der Waals surface area contributed by atoms with Crippen LogP contribution in [0.15, 0.2) is 85.2 Å². The van der Waals surface area contributed by atoms with Gasteiger partial charge in [-0.25, -0.2) is 34.2 Å². The maximum atomic E-state index is 14.0. The Bertz CT molecular complexity index is 2330. The number of carbonyl (C=O) groups is 5. The highest BCUT2D eigenvalue weighted by Crippen LogP contribution is 2.42. The number of ether oxygens (including phenoxy) is 4. The van der Waals surface area contributed by atoms with Crippen LogP contribution >= 0.6 is 11.6 Å². The molecule has 19 heteroatoms. The molecule has 3 aliphatic rings. The number of amides is 6. The van der Waals surface area contributed by atoms with Gasteiger partial charge < -0.3 is 35.3 Å². The number of esters is 1. The van der Waals surface area contributed by atoms with Gasteiger partial charge in [-0.15, -0.1) is 8.78 Å². The monoisotopic (exact) mass is 875 g/mol. The minimum absolute atomic E-state index is 0.0460. The zero-order valence-electron chi connectivity index (χ0n) is 33.8. The van der Waals surface area contributed by atoms with E-state index in [1.54, 1.807) is 45.2 Å². The standard InChI is InChI=1S/C43H44ClF2N7O9/c1-4-59-39-30(18-25-16-17-48-35(47)20-25)38(55)53(39)42(58)51-31(27-8-6-5-7-9-27)13-10-23(2)60-40(56)36-29(19-26-11-15-34(44)49-22-26)37(54)52(36)41(57)50-24(3)28-12-14-32-33(21-28)62-43(45,46)61-32/h5-9,11-12,14-17,20-24,29-31,36,39H,4,10,13,18-19H2,1-3H3,(H2,47,48)(H,50,57)(H,51,58). The topological polar surface area (TPSA) is 205 Å². The smallest absolute Gasteiger partial charge is 0.461 e. The Hall–Kier alpha value is -6.40. The SMILES string of the molecule is CCOC1C(Cc2ccnc(N)c2)C(=O)N1C(=O)NC(CCC(C)OC(=O)C1C(Cc2ccc(Cl)nc2)C(=O)N1C(=O)NC(C)c1ccc2c(c1)OC(F)(F)O2)c1ccccc1. The van der Waals surface area contributed by atoms with Gasteiger partial charge in [-0.1, -0.05) is 54.1 Å². The summed E-state index contributed by atoms with van der Waals surface area (Å²) in [6, 6.07) is 15.4. The zero-order chi connectivity index (χ0) is 44.3. The predicted molar refractivity (Wildman–Crippen MR) is 217 cm³/mol. The first-order valence-corrected chi connectivity index (χ1v) is 20.3. The summed E-state index contributed by atoms with van der Waals surface area (Å²) in [6.45, 7) is 5.25. The molecule has 62 heavy (non-hydrogen) atoms. The highest BCUT2D eigenvalue weighted by atomic mass is 35.5. The number of nitrogens with one attached hydrogen (secondary N) is 2. The summed E-state index contributed by atoms with van der Waals surface area (Å²) in [4.78, 5) is 78.3. The summed E-state index contributed by atoms with van der Waals surface area (Å²) in [7, 11) is 0. The predicted octanol–water partition coefficient (Wildman–Crippen LogP) is 6.10. The Morgan fingerprint density at radius 3 is 2.27 bits per heavy atom. The van der Waals surface area contributed by atoms with Gasteiger partial charge >= 0.3 is 24.3 Å².